The normalized spacial score (nSPS) is 18.3. The third-order valence-electron chi connectivity index (χ3n) is 5.48. The molecule has 5 nitrogen and oxygen atoms in total. The number of hydrogen-bond donors (Lipinski definition) is 1. The van der Waals surface area contributed by atoms with Gasteiger partial charge in [-0.05, 0) is 37.6 Å². The van der Waals surface area contributed by atoms with Gasteiger partial charge in [-0.2, -0.15) is 5.10 Å². The minimum Gasteiger partial charge on any atom is -0.352 e. The third kappa shape index (κ3) is 3.68. The Labute approximate surface area is 167 Å². The molecule has 136 valence electrons. The quantitative estimate of drug-likeness (QED) is 0.438. The third-order valence-corrected chi connectivity index (χ3v) is 5.48. The molecule has 2 aromatic rings. The van der Waals surface area contributed by atoms with E-state index in [0.29, 0.717) is 5.41 Å². The van der Waals surface area contributed by atoms with Crippen molar-refractivity contribution in [3.63, 3.8) is 0 Å². The van der Waals surface area contributed by atoms with Gasteiger partial charge in [0.2, 0.25) is 0 Å². The zero-order valence-electron chi connectivity index (χ0n) is 15.7. The Morgan fingerprint density at radius 1 is 1.24 bits per heavy atom. The molecular weight excluding hydrogens is 425 g/mol. The van der Waals surface area contributed by atoms with Crippen LogP contribution in [-0.4, -0.2) is 39.8 Å². The van der Waals surface area contributed by atoms with E-state index in [9.17, 15) is 0 Å². The van der Waals surface area contributed by atoms with Crippen LogP contribution in [0.25, 0.3) is 5.69 Å². The van der Waals surface area contributed by atoms with Gasteiger partial charge in [-0.3, -0.25) is 4.99 Å². The Balaban J connectivity index is 0.00000225. The molecule has 1 aliphatic heterocycles. The number of likely N-dealkylation sites (tertiary alicyclic amines) is 1. The number of aromatic nitrogens is 2. The summed E-state index contributed by atoms with van der Waals surface area (Å²) in [4.78, 5) is 6.82. The van der Waals surface area contributed by atoms with E-state index >= 15 is 0 Å². The highest BCUT2D eigenvalue weighted by atomic mass is 127. The van der Waals surface area contributed by atoms with Crippen molar-refractivity contribution in [1.29, 1.82) is 0 Å². The van der Waals surface area contributed by atoms with Crippen LogP contribution in [0.1, 0.15) is 33.3 Å². The van der Waals surface area contributed by atoms with Crippen LogP contribution in [-0.2, 0) is 6.54 Å². The van der Waals surface area contributed by atoms with Gasteiger partial charge >= 0.3 is 0 Å². The monoisotopic (exact) mass is 453 g/mol. The summed E-state index contributed by atoms with van der Waals surface area (Å²) >= 11 is 0. The molecule has 25 heavy (non-hydrogen) atoms. The van der Waals surface area contributed by atoms with E-state index in [1.165, 1.54) is 5.56 Å². The average Bonchev–Trinajstić information content (AvgIpc) is 3.09. The van der Waals surface area contributed by atoms with E-state index in [2.05, 4.69) is 72.3 Å². The lowest BCUT2D eigenvalue weighted by Crippen LogP contribution is -2.72. The molecule has 3 rings (SSSR count). The molecule has 0 amide bonds. The van der Waals surface area contributed by atoms with E-state index in [-0.39, 0.29) is 29.5 Å². The van der Waals surface area contributed by atoms with E-state index in [1.54, 1.807) is 6.20 Å². The van der Waals surface area contributed by atoms with Crippen molar-refractivity contribution in [1.82, 2.24) is 20.0 Å². The first-order valence-electron chi connectivity index (χ1n) is 8.42. The largest absolute Gasteiger partial charge is 0.352 e. The lowest BCUT2D eigenvalue weighted by Gasteiger charge is -2.62. The van der Waals surface area contributed by atoms with Gasteiger partial charge in [0.15, 0.2) is 5.96 Å². The van der Waals surface area contributed by atoms with Gasteiger partial charge in [0.25, 0.3) is 0 Å². The van der Waals surface area contributed by atoms with E-state index in [0.717, 1.165) is 24.7 Å². The summed E-state index contributed by atoms with van der Waals surface area (Å²) in [6, 6.07) is 10.3. The topological polar surface area (TPSA) is 45.5 Å². The van der Waals surface area contributed by atoms with Gasteiger partial charge in [-0.1, -0.05) is 26.0 Å². The Morgan fingerprint density at radius 2 is 2.00 bits per heavy atom. The molecule has 0 unspecified atom stereocenters. The average molecular weight is 453 g/mol. The van der Waals surface area contributed by atoms with Crippen LogP contribution in [0.4, 0.5) is 0 Å². The number of nitrogens with one attached hydrogen (secondary N) is 1. The molecule has 1 aromatic carbocycles. The van der Waals surface area contributed by atoms with Crippen molar-refractivity contribution < 1.29 is 0 Å². The van der Waals surface area contributed by atoms with Crippen LogP contribution >= 0.6 is 24.0 Å². The molecule has 2 heterocycles. The van der Waals surface area contributed by atoms with Crippen molar-refractivity contribution in [3.05, 3.63) is 48.3 Å². The van der Waals surface area contributed by atoms with Crippen LogP contribution in [0.5, 0.6) is 0 Å². The fraction of sp³-hybridized carbons (Fsp3) is 0.474. The van der Waals surface area contributed by atoms with E-state index in [4.69, 9.17) is 0 Å². The van der Waals surface area contributed by atoms with Crippen molar-refractivity contribution in [2.24, 2.45) is 10.4 Å². The molecule has 0 radical (unpaired) electrons. The number of nitrogens with zero attached hydrogens (tertiary/aromatic N) is 4. The summed E-state index contributed by atoms with van der Waals surface area (Å²) in [6.45, 7) is 10.9. The highest BCUT2D eigenvalue weighted by Crippen LogP contribution is 2.46. The summed E-state index contributed by atoms with van der Waals surface area (Å²) in [7, 11) is 1.85. The Morgan fingerprint density at radius 3 is 2.56 bits per heavy atom. The molecule has 6 heteroatoms. The molecule has 0 atom stereocenters. The first-order valence-corrected chi connectivity index (χ1v) is 8.42. The van der Waals surface area contributed by atoms with Crippen LogP contribution in [0.15, 0.2) is 47.7 Å². The minimum absolute atomic E-state index is 0. The second-order valence-electron chi connectivity index (χ2n) is 7.55. The summed E-state index contributed by atoms with van der Waals surface area (Å²) in [5.74, 6) is 0.962. The van der Waals surface area contributed by atoms with Gasteiger partial charge in [-0.15, -0.1) is 24.0 Å². The number of halogens is 1. The van der Waals surface area contributed by atoms with Gasteiger partial charge in [0.1, 0.15) is 0 Å². The first kappa shape index (κ1) is 19.8. The van der Waals surface area contributed by atoms with Gasteiger partial charge in [0.05, 0.1) is 5.69 Å². The van der Waals surface area contributed by atoms with Gasteiger partial charge < -0.3 is 10.2 Å². The molecular formula is C19H28IN5. The number of hydrogen-bond acceptors (Lipinski definition) is 2. The SMILES string of the molecule is CN=C(NCc1cccc(-n2cccn2)c1)N1CC(C)(C)C1(C)C.I. The molecule has 0 aliphatic carbocycles. The summed E-state index contributed by atoms with van der Waals surface area (Å²) < 4.78 is 1.87. The van der Waals surface area contributed by atoms with Gasteiger partial charge in [0, 0.05) is 43.5 Å². The first-order chi connectivity index (χ1) is 11.3. The zero-order chi connectivity index (χ0) is 17.4. The molecule has 0 bridgehead atoms. The maximum Gasteiger partial charge on any atom is 0.194 e. The number of guanidine groups is 1. The minimum atomic E-state index is 0. The Kier molecular flexibility index (Phi) is 5.81. The lowest BCUT2D eigenvalue weighted by atomic mass is 9.65. The van der Waals surface area contributed by atoms with E-state index < -0.39 is 0 Å². The molecule has 1 saturated heterocycles. The van der Waals surface area contributed by atoms with Gasteiger partial charge in [-0.25, -0.2) is 4.68 Å². The highest BCUT2D eigenvalue weighted by molar-refractivity contribution is 14.0. The van der Waals surface area contributed by atoms with Crippen LogP contribution < -0.4 is 5.32 Å². The highest BCUT2D eigenvalue weighted by Gasteiger charge is 2.53. The Hall–Kier alpha value is -1.57. The molecule has 1 aromatic heterocycles. The molecule has 1 fully saturated rings. The maximum absolute atomic E-state index is 4.47. The second-order valence-corrected chi connectivity index (χ2v) is 7.55. The standard InChI is InChI=1S/C19H27N5.HI/c1-18(2)14-23(19(18,3)4)17(20-5)21-13-15-8-6-9-16(12-15)24-11-7-10-22-24;/h6-12H,13-14H2,1-5H3,(H,20,21);1H. The second kappa shape index (κ2) is 7.35. The Bertz CT molecular complexity index is 734. The van der Waals surface area contributed by atoms with Crippen LogP contribution in [0.2, 0.25) is 0 Å². The molecule has 1 N–H and O–H groups in total. The van der Waals surface area contributed by atoms with Crippen LogP contribution in [0, 0.1) is 5.41 Å². The predicted molar refractivity (Wildman–Crippen MR) is 114 cm³/mol. The smallest absolute Gasteiger partial charge is 0.194 e. The number of rotatable bonds is 3. The number of benzene rings is 1. The molecule has 0 saturated carbocycles. The summed E-state index contributed by atoms with van der Waals surface area (Å²) in [6.07, 6.45) is 3.75. The van der Waals surface area contributed by atoms with E-state index in [1.807, 2.05) is 24.0 Å². The summed E-state index contributed by atoms with van der Waals surface area (Å²) in [5.41, 5.74) is 2.68. The number of aliphatic imine (C=N–C) groups is 1. The van der Waals surface area contributed by atoms with Crippen molar-refractivity contribution in [3.8, 4) is 5.69 Å². The fourth-order valence-electron chi connectivity index (χ4n) is 3.11. The maximum atomic E-state index is 4.47. The van der Waals surface area contributed by atoms with Crippen molar-refractivity contribution in [2.75, 3.05) is 13.6 Å². The lowest BCUT2D eigenvalue weighted by molar-refractivity contribution is -0.0667. The summed E-state index contributed by atoms with van der Waals surface area (Å²) in [5, 5.41) is 7.79. The molecule has 0 spiro atoms. The van der Waals surface area contributed by atoms with Crippen molar-refractivity contribution in [2.45, 2.75) is 39.8 Å². The molecule has 1 aliphatic rings. The zero-order valence-corrected chi connectivity index (χ0v) is 18.0. The fourth-order valence-corrected chi connectivity index (χ4v) is 3.11. The van der Waals surface area contributed by atoms with Crippen molar-refractivity contribution >= 4 is 29.9 Å². The predicted octanol–water partition coefficient (Wildman–Crippen LogP) is 3.69. The van der Waals surface area contributed by atoms with Crippen LogP contribution in [0.3, 0.4) is 0 Å².